The van der Waals surface area contributed by atoms with Crippen LogP contribution in [0.25, 0.3) is 0 Å². The summed E-state index contributed by atoms with van der Waals surface area (Å²) in [6.07, 6.45) is 0.0504. The summed E-state index contributed by atoms with van der Waals surface area (Å²) in [6.45, 7) is -0.325. The van der Waals surface area contributed by atoms with E-state index < -0.39 is 23.8 Å². The SMILES string of the molecule is O=C(CNC(=O)c1ccccc1)N[C@@H](Cc1cc(Cl)ccc1Br)C(=O)O. The van der Waals surface area contributed by atoms with Crippen LogP contribution in [0, 0.1) is 0 Å². The molecule has 2 aromatic rings. The van der Waals surface area contributed by atoms with Crippen LogP contribution in [-0.2, 0) is 16.0 Å². The van der Waals surface area contributed by atoms with E-state index in [1.807, 2.05) is 0 Å². The highest BCUT2D eigenvalue weighted by atomic mass is 79.9. The van der Waals surface area contributed by atoms with Gasteiger partial charge in [0.25, 0.3) is 5.91 Å². The molecule has 3 N–H and O–H groups in total. The minimum atomic E-state index is -1.18. The van der Waals surface area contributed by atoms with E-state index in [2.05, 4.69) is 26.6 Å². The average molecular weight is 440 g/mol. The number of carbonyl (C=O) groups excluding carboxylic acids is 2. The van der Waals surface area contributed by atoms with Crippen molar-refractivity contribution >= 4 is 45.3 Å². The molecule has 136 valence electrons. The highest BCUT2D eigenvalue weighted by molar-refractivity contribution is 9.10. The van der Waals surface area contributed by atoms with Crippen LogP contribution in [-0.4, -0.2) is 35.5 Å². The smallest absolute Gasteiger partial charge is 0.326 e. The molecule has 0 radical (unpaired) electrons. The summed E-state index contributed by atoms with van der Waals surface area (Å²) in [7, 11) is 0. The molecule has 1 atom stereocenters. The van der Waals surface area contributed by atoms with E-state index in [0.717, 1.165) is 0 Å². The first kappa shape index (κ1) is 19.9. The van der Waals surface area contributed by atoms with Gasteiger partial charge in [-0.15, -0.1) is 0 Å². The molecule has 0 unspecified atom stereocenters. The summed E-state index contributed by atoms with van der Waals surface area (Å²) in [6, 6.07) is 12.3. The topological polar surface area (TPSA) is 95.5 Å². The molecule has 0 saturated carbocycles. The molecule has 0 bridgehead atoms. The second kappa shape index (κ2) is 9.35. The summed E-state index contributed by atoms with van der Waals surface area (Å²) in [5.41, 5.74) is 1.07. The van der Waals surface area contributed by atoms with Gasteiger partial charge in [0.05, 0.1) is 6.54 Å². The van der Waals surface area contributed by atoms with Crippen LogP contribution in [0.3, 0.4) is 0 Å². The van der Waals surface area contributed by atoms with E-state index in [9.17, 15) is 19.5 Å². The van der Waals surface area contributed by atoms with Crippen molar-refractivity contribution in [2.24, 2.45) is 0 Å². The van der Waals surface area contributed by atoms with E-state index in [-0.39, 0.29) is 13.0 Å². The van der Waals surface area contributed by atoms with Gasteiger partial charge in [-0.1, -0.05) is 45.7 Å². The van der Waals surface area contributed by atoms with Crippen LogP contribution >= 0.6 is 27.5 Å². The number of carboxylic acid groups (broad SMARTS) is 1. The Morgan fingerprint density at radius 1 is 1.12 bits per heavy atom. The number of halogens is 2. The van der Waals surface area contributed by atoms with Crippen molar-refractivity contribution in [2.45, 2.75) is 12.5 Å². The van der Waals surface area contributed by atoms with Gasteiger partial charge in [0.1, 0.15) is 6.04 Å². The Morgan fingerprint density at radius 2 is 1.81 bits per heavy atom. The summed E-state index contributed by atoms with van der Waals surface area (Å²) < 4.78 is 0.694. The van der Waals surface area contributed by atoms with Crippen LogP contribution in [0.15, 0.2) is 53.0 Å². The number of aliphatic carboxylic acids is 1. The minimum absolute atomic E-state index is 0.0504. The first-order valence-electron chi connectivity index (χ1n) is 7.66. The van der Waals surface area contributed by atoms with Crippen LogP contribution in [0.2, 0.25) is 5.02 Å². The van der Waals surface area contributed by atoms with Crippen LogP contribution in [0.1, 0.15) is 15.9 Å². The molecular weight excluding hydrogens is 424 g/mol. The number of nitrogens with one attached hydrogen (secondary N) is 2. The van der Waals surface area contributed by atoms with Gasteiger partial charge in [0.15, 0.2) is 0 Å². The molecule has 6 nitrogen and oxygen atoms in total. The molecule has 0 aliphatic rings. The van der Waals surface area contributed by atoms with Crippen molar-refractivity contribution < 1.29 is 19.5 Å². The molecule has 0 spiro atoms. The van der Waals surface area contributed by atoms with Crippen molar-refractivity contribution in [2.75, 3.05) is 6.54 Å². The van der Waals surface area contributed by atoms with E-state index >= 15 is 0 Å². The molecule has 8 heteroatoms. The lowest BCUT2D eigenvalue weighted by molar-refractivity contribution is -0.141. The highest BCUT2D eigenvalue weighted by Gasteiger charge is 2.22. The van der Waals surface area contributed by atoms with Crippen LogP contribution in [0.4, 0.5) is 0 Å². The van der Waals surface area contributed by atoms with Crippen molar-refractivity contribution in [1.82, 2.24) is 10.6 Å². The maximum Gasteiger partial charge on any atom is 0.326 e. The lowest BCUT2D eigenvalue weighted by Gasteiger charge is -2.16. The van der Waals surface area contributed by atoms with Gasteiger partial charge in [0, 0.05) is 21.5 Å². The molecule has 2 aromatic carbocycles. The number of carbonyl (C=O) groups is 3. The Balaban J connectivity index is 1.94. The van der Waals surface area contributed by atoms with Gasteiger partial charge in [0.2, 0.25) is 5.91 Å². The molecule has 0 aliphatic heterocycles. The van der Waals surface area contributed by atoms with Crippen molar-refractivity contribution in [3.63, 3.8) is 0 Å². The fraction of sp³-hybridized carbons (Fsp3) is 0.167. The third-order valence-electron chi connectivity index (χ3n) is 3.51. The highest BCUT2D eigenvalue weighted by Crippen LogP contribution is 2.22. The van der Waals surface area contributed by atoms with Gasteiger partial charge < -0.3 is 15.7 Å². The van der Waals surface area contributed by atoms with Crippen molar-refractivity contribution in [1.29, 1.82) is 0 Å². The number of amides is 2. The average Bonchev–Trinajstić information content (AvgIpc) is 2.62. The fourth-order valence-electron chi connectivity index (χ4n) is 2.22. The minimum Gasteiger partial charge on any atom is -0.480 e. The lowest BCUT2D eigenvalue weighted by atomic mass is 10.1. The van der Waals surface area contributed by atoms with Crippen LogP contribution < -0.4 is 10.6 Å². The van der Waals surface area contributed by atoms with Gasteiger partial charge in [-0.05, 0) is 35.9 Å². The molecule has 0 saturated heterocycles. The molecule has 2 rings (SSSR count). The Labute approximate surface area is 163 Å². The third kappa shape index (κ3) is 5.86. The summed E-state index contributed by atoms with van der Waals surface area (Å²) in [4.78, 5) is 35.4. The number of hydrogen-bond acceptors (Lipinski definition) is 3. The Bertz CT molecular complexity index is 814. The Hall–Kier alpha value is -2.38. The second-order valence-electron chi connectivity index (χ2n) is 5.45. The van der Waals surface area contributed by atoms with E-state index in [4.69, 9.17) is 11.6 Å². The largest absolute Gasteiger partial charge is 0.480 e. The zero-order valence-electron chi connectivity index (χ0n) is 13.5. The van der Waals surface area contributed by atoms with Gasteiger partial charge >= 0.3 is 5.97 Å². The molecule has 26 heavy (non-hydrogen) atoms. The first-order chi connectivity index (χ1) is 12.4. The number of hydrogen-bond donors (Lipinski definition) is 3. The normalized spacial score (nSPS) is 11.5. The van der Waals surface area contributed by atoms with Crippen LogP contribution in [0.5, 0.6) is 0 Å². The lowest BCUT2D eigenvalue weighted by Crippen LogP contribution is -2.46. The molecule has 0 aliphatic carbocycles. The Kier molecular flexibility index (Phi) is 7.17. The molecule has 0 heterocycles. The maximum absolute atomic E-state index is 12.0. The zero-order chi connectivity index (χ0) is 19.1. The first-order valence-corrected chi connectivity index (χ1v) is 8.83. The number of benzene rings is 2. The van der Waals surface area contributed by atoms with Gasteiger partial charge in [-0.2, -0.15) is 0 Å². The fourth-order valence-corrected chi connectivity index (χ4v) is 2.82. The molecule has 0 fully saturated rings. The zero-order valence-corrected chi connectivity index (χ0v) is 15.9. The standard InChI is InChI=1S/C18H16BrClN2O4/c19-14-7-6-13(20)8-12(14)9-15(18(25)26)22-16(23)10-21-17(24)11-4-2-1-3-5-11/h1-8,15H,9-10H2,(H,21,24)(H,22,23)(H,25,26)/t15-/m0/s1. The van der Waals surface area contributed by atoms with E-state index in [0.29, 0.717) is 20.6 Å². The Morgan fingerprint density at radius 3 is 2.46 bits per heavy atom. The summed E-state index contributed by atoms with van der Waals surface area (Å²) in [5, 5.41) is 14.7. The summed E-state index contributed by atoms with van der Waals surface area (Å²) >= 11 is 9.25. The quantitative estimate of drug-likeness (QED) is 0.618. The van der Waals surface area contributed by atoms with Gasteiger partial charge in [-0.25, -0.2) is 4.79 Å². The van der Waals surface area contributed by atoms with Crippen molar-refractivity contribution in [3.8, 4) is 0 Å². The predicted octanol–water partition coefficient (Wildman–Crippen LogP) is 2.64. The van der Waals surface area contributed by atoms with E-state index in [1.165, 1.54) is 0 Å². The molecular formula is C18H16BrClN2O4. The maximum atomic E-state index is 12.0. The number of carboxylic acids is 1. The molecule has 0 aromatic heterocycles. The molecule has 2 amide bonds. The third-order valence-corrected chi connectivity index (χ3v) is 4.52. The number of rotatable bonds is 7. The van der Waals surface area contributed by atoms with Gasteiger partial charge in [-0.3, -0.25) is 9.59 Å². The van der Waals surface area contributed by atoms with E-state index in [1.54, 1.807) is 48.5 Å². The monoisotopic (exact) mass is 438 g/mol. The second-order valence-corrected chi connectivity index (χ2v) is 6.74. The predicted molar refractivity (Wildman–Crippen MR) is 101 cm³/mol. The van der Waals surface area contributed by atoms with Crippen molar-refractivity contribution in [3.05, 3.63) is 69.2 Å². The summed E-state index contributed by atoms with van der Waals surface area (Å²) in [5.74, 6) is -2.19.